The minimum absolute atomic E-state index is 0.347. The molecule has 1 aliphatic rings. The van der Waals surface area contributed by atoms with E-state index in [1.165, 1.54) is 0 Å². The van der Waals surface area contributed by atoms with Gasteiger partial charge in [0.05, 0.1) is 0 Å². The minimum Gasteiger partial charge on any atom is -0.444 e. The molecule has 0 atom stereocenters. The van der Waals surface area contributed by atoms with E-state index < -0.39 is 11.7 Å². The van der Waals surface area contributed by atoms with Gasteiger partial charge in [0.25, 0.3) is 0 Å². The van der Waals surface area contributed by atoms with Crippen LogP contribution in [0.25, 0.3) is 0 Å². The predicted molar refractivity (Wildman–Crippen MR) is 56.3 cm³/mol. The van der Waals surface area contributed by atoms with Crippen molar-refractivity contribution in [3.8, 4) is 0 Å². The van der Waals surface area contributed by atoms with Crippen LogP contribution < -0.4 is 5.73 Å². The van der Waals surface area contributed by atoms with E-state index in [1.54, 1.807) is 0 Å². The van der Waals surface area contributed by atoms with Gasteiger partial charge in [0, 0.05) is 12.8 Å². The average molecular weight is 213 g/mol. The van der Waals surface area contributed by atoms with Crippen LogP contribution in [0.4, 0.5) is 4.79 Å². The molecular formula is C11H19NO3. The van der Waals surface area contributed by atoms with Crippen LogP contribution in [-0.2, 0) is 9.53 Å². The van der Waals surface area contributed by atoms with Gasteiger partial charge in [0.1, 0.15) is 11.4 Å². The Kier molecular flexibility index (Phi) is 3.72. The van der Waals surface area contributed by atoms with E-state index in [2.05, 4.69) is 0 Å². The molecule has 0 saturated heterocycles. The zero-order chi connectivity index (χ0) is 11.5. The van der Waals surface area contributed by atoms with Gasteiger partial charge < -0.3 is 10.5 Å². The number of ether oxygens (including phenoxy) is 1. The van der Waals surface area contributed by atoms with Gasteiger partial charge in [-0.3, -0.25) is 4.79 Å². The van der Waals surface area contributed by atoms with E-state index in [4.69, 9.17) is 10.5 Å². The van der Waals surface area contributed by atoms with Gasteiger partial charge in [-0.15, -0.1) is 0 Å². The summed E-state index contributed by atoms with van der Waals surface area (Å²) in [5.74, 6) is 0.817. The number of Topliss-reactive ketones (excluding diaryl/α,β-unsaturated/α-hetero) is 1. The highest BCUT2D eigenvalue weighted by Gasteiger charge is 2.28. The molecule has 0 bridgehead atoms. The Morgan fingerprint density at radius 2 is 2.00 bits per heavy atom. The van der Waals surface area contributed by atoms with Crippen LogP contribution in [0.1, 0.15) is 46.0 Å². The van der Waals surface area contributed by atoms with Gasteiger partial charge in [0.2, 0.25) is 0 Å². The molecule has 4 heteroatoms. The number of carbonyl (C=O) groups excluding carboxylic acids is 2. The lowest BCUT2D eigenvalue weighted by Gasteiger charge is -2.30. The Labute approximate surface area is 90.2 Å². The summed E-state index contributed by atoms with van der Waals surface area (Å²) in [7, 11) is 0. The summed E-state index contributed by atoms with van der Waals surface area (Å²) in [4.78, 5) is 21.7. The molecule has 1 saturated carbocycles. The number of amides is 1. The molecule has 0 spiro atoms. The number of hydrogen-bond acceptors (Lipinski definition) is 3. The maximum atomic E-state index is 11.0. The van der Waals surface area contributed by atoms with E-state index in [-0.39, 0.29) is 0 Å². The van der Waals surface area contributed by atoms with Crippen molar-refractivity contribution in [1.82, 2.24) is 0 Å². The molecule has 1 aliphatic carbocycles. The van der Waals surface area contributed by atoms with E-state index in [9.17, 15) is 9.59 Å². The Morgan fingerprint density at radius 1 is 1.47 bits per heavy atom. The third-order valence-corrected chi connectivity index (χ3v) is 2.82. The number of rotatable bonds is 3. The van der Waals surface area contributed by atoms with Crippen molar-refractivity contribution in [2.75, 3.05) is 0 Å². The molecule has 1 fully saturated rings. The molecule has 2 N–H and O–H groups in total. The van der Waals surface area contributed by atoms with E-state index in [0.717, 1.165) is 19.3 Å². The third kappa shape index (κ3) is 4.32. The first kappa shape index (κ1) is 12.0. The number of nitrogens with two attached hydrogens (primary N) is 1. The lowest BCUT2D eigenvalue weighted by molar-refractivity contribution is -0.121. The van der Waals surface area contributed by atoms with E-state index >= 15 is 0 Å². The van der Waals surface area contributed by atoms with Gasteiger partial charge in [-0.25, -0.2) is 4.79 Å². The quantitative estimate of drug-likeness (QED) is 0.779. The molecule has 0 heterocycles. The van der Waals surface area contributed by atoms with Crippen molar-refractivity contribution in [3.63, 3.8) is 0 Å². The lowest BCUT2D eigenvalue weighted by atomic mass is 9.81. The second-order valence-corrected chi connectivity index (χ2v) is 4.87. The first-order valence-corrected chi connectivity index (χ1v) is 5.39. The fourth-order valence-corrected chi connectivity index (χ4v) is 2.21. The van der Waals surface area contributed by atoms with Crippen LogP contribution in [0, 0.1) is 5.92 Å². The van der Waals surface area contributed by atoms with Crippen molar-refractivity contribution >= 4 is 11.9 Å². The SMILES string of the molecule is CC(C)(CC1CCC(=O)CC1)OC(N)=O. The van der Waals surface area contributed by atoms with E-state index in [1.807, 2.05) is 13.8 Å². The molecule has 0 aromatic heterocycles. The monoisotopic (exact) mass is 213 g/mol. The molecule has 0 radical (unpaired) electrons. The van der Waals surface area contributed by atoms with Crippen molar-refractivity contribution in [2.24, 2.45) is 11.7 Å². The summed E-state index contributed by atoms with van der Waals surface area (Å²) in [6, 6.07) is 0. The fourth-order valence-electron chi connectivity index (χ4n) is 2.21. The standard InChI is InChI=1S/C11H19NO3/c1-11(2,15-10(12)14)7-8-3-5-9(13)6-4-8/h8H,3-7H2,1-2H3,(H2,12,14). The molecule has 4 nitrogen and oxygen atoms in total. The first-order valence-electron chi connectivity index (χ1n) is 5.39. The number of ketones is 1. The Morgan fingerprint density at radius 3 is 2.47 bits per heavy atom. The van der Waals surface area contributed by atoms with Gasteiger partial charge in [-0.2, -0.15) is 0 Å². The lowest BCUT2D eigenvalue weighted by Crippen LogP contribution is -2.34. The Bertz CT molecular complexity index is 251. The summed E-state index contributed by atoms with van der Waals surface area (Å²) in [6.07, 6.45) is 3.19. The Hall–Kier alpha value is -1.06. The highest BCUT2D eigenvalue weighted by atomic mass is 16.6. The highest BCUT2D eigenvalue weighted by Crippen LogP contribution is 2.30. The topological polar surface area (TPSA) is 69.4 Å². The molecule has 0 aromatic carbocycles. The van der Waals surface area contributed by atoms with Crippen LogP contribution in [0.2, 0.25) is 0 Å². The molecule has 1 amide bonds. The van der Waals surface area contributed by atoms with Crippen LogP contribution in [0.3, 0.4) is 0 Å². The molecule has 15 heavy (non-hydrogen) atoms. The van der Waals surface area contributed by atoms with Crippen molar-refractivity contribution in [1.29, 1.82) is 0 Å². The second-order valence-electron chi connectivity index (χ2n) is 4.87. The van der Waals surface area contributed by atoms with Crippen LogP contribution in [0.5, 0.6) is 0 Å². The molecule has 0 aliphatic heterocycles. The van der Waals surface area contributed by atoms with Crippen LogP contribution >= 0.6 is 0 Å². The van der Waals surface area contributed by atoms with Crippen LogP contribution in [-0.4, -0.2) is 17.5 Å². The average Bonchev–Trinajstić information content (AvgIpc) is 2.06. The van der Waals surface area contributed by atoms with E-state index in [0.29, 0.717) is 24.5 Å². The summed E-state index contributed by atoms with van der Waals surface area (Å²) >= 11 is 0. The molecule has 1 rings (SSSR count). The number of primary amides is 1. The van der Waals surface area contributed by atoms with Gasteiger partial charge in [-0.05, 0) is 39.0 Å². The normalized spacial score (nSPS) is 18.9. The van der Waals surface area contributed by atoms with Crippen molar-refractivity contribution < 1.29 is 14.3 Å². The van der Waals surface area contributed by atoms with Crippen LogP contribution in [0.15, 0.2) is 0 Å². The van der Waals surface area contributed by atoms with Crippen molar-refractivity contribution in [3.05, 3.63) is 0 Å². The number of carbonyl (C=O) groups is 2. The summed E-state index contributed by atoms with van der Waals surface area (Å²) in [6.45, 7) is 3.71. The summed E-state index contributed by atoms with van der Waals surface area (Å²) in [5, 5.41) is 0. The second kappa shape index (κ2) is 4.64. The third-order valence-electron chi connectivity index (χ3n) is 2.82. The fraction of sp³-hybridized carbons (Fsp3) is 0.818. The van der Waals surface area contributed by atoms with Gasteiger partial charge in [-0.1, -0.05) is 0 Å². The molecule has 0 aromatic rings. The number of hydrogen-bond donors (Lipinski definition) is 1. The minimum atomic E-state index is -0.730. The maximum Gasteiger partial charge on any atom is 0.405 e. The summed E-state index contributed by atoms with van der Waals surface area (Å²) < 4.78 is 5.02. The first-order chi connectivity index (χ1) is 6.89. The molecule has 0 unspecified atom stereocenters. The van der Waals surface area contributed by atoms with Gasteiger partial charge >= 0.3 is 6.09 Å². The zero-order valence-electron chi connectivity index (χ0n) is 9.41. The largest absolute Gasteiger partial charge is 0.444 e. The van der Waals surface area contributed by atoms with Crippen molar-refractivity contribution in [2.45, 2.75) is 51.6 Å². The maximum absolute atomic E-state index is 11.0. The van der Waals surface area contributed by atoms with Gasteiger partial charge in [0.15, 0.2) is 0 Å². The molecule has 86 valence electrons. The summed E-state index contributed by atoms with van der Waals surface area (Å²) in [5.41, 5.74) is 4.47. The highest BCUT2D eigenvalue weighted by molar-refractivity contribution is 5.79. The molecular weight excluding hydrogens is 194 g/mol. The zero-order valence-corrected chi connectivity index (χ0v) is 9.41. The predicted octanol–water partition coefficient (Wildman–Crippen LogP) is 2.01. The Balaban J connectivity index is 2.39. The smallest absolute Gasteiger partial charge is 0.405 e.